The Kier molecular flexibility index (Phi) is 4.39. The maximum atomic E-state index is 4.50. The fourth-order valence-corrected chi connectivity index (χ4v) is 2.04. The van der Waals surface area contributed by atoms with E-state index in [9.17, 15) is 0 Å². The van der Waals surface area contributed by atoms with Crippen molar-refractivity contribution in [3.63, 3.8) is 0 Å². The minimum atomic E-state index is 1.04. The van der Waals surface area contributed by atoms with Crippen molar-refractivity contribution >= 4 is 33.6 Å². The molecule has 3 heteroatoms. The van der Waals surface area contributed by atoms with Crippen molar-refractivity contribution in [2.24, 2.45) is 4.99 Å². The highest BCUT2D eigenvalue weighted by molar-refractivity contribution is 8.38. The molecule has 1 aromatic carbocycles. The molecule has 0 saturated carbocycles. The molecule has 1 aromatic rings. The number of rotatable bonds is 1. The van der Waals surface area contributed by atoms with Crippen LogP contribution in [0.3, 0.4) is 0 Å². The standard InChI is InChI=1S/C10H13NS2/c1-8-5-4-6-9(7-8)11-10(12-2)13-3/h4-7H,1-3H3. The summed E-state index contributed by atoms with van der Waals surface area (Å²) >= 11 is 3.37. The molecule has 0 saturated heterocycles. The quantitative estimate of drug-likeness (QED) is 0.518. The summed E-state index contributed by atoms with van der Waals surface area (Å²) < 4.78 is 1.10. The van der Waals surface area contributed by atoms with Gasteiger partial charge in [-0.15, -0.1) is 23.5 Å². The van der Waals surface area contributed by atoms with Crippen LogP contribution in [0.4, 0.5) is 5.69 Å². The topological polar surface area (TPSA) is 12.4 Å². The van der Waals surface area contributed by atoms with Gasteiger partial charge >= 0.3 is 0 Å². The lowest BCUT2D eigenvalue weighted by Gasteiger charge is -1.99. The van der Waals surface area contributed by atoms with Crippen LogP contribution in [0.2, 0.25) is 0 Å². The predicted molar refractivity (Wildman–Crippen MR) is 65.3 cm³/mol. The molecule has 0 spiro atoms. The van der Waals surface area contributed by atoms with Crippen LogP contribution in [0.5, 0.6) is 0 Å². The Balaban J connectivity index is 2.89. The van der Waals surface area contributed by atoms with Gasteiger partial charge in [0.2, 0.25) is 0 Å². The van der Waals surface area contributed by atoms with Crippen molar-refractivity contribution in [2.45, 2.75) is 6.92 Å². The van der Waals surface area contributed by atoms with Gasteiger partial charge in [0.15, 0.2) is 0 Å². The number of nitrogens with zero attached hydrogens (tertiary/aromatic N) is 1. The summed E-state index contributed by atoms with van der Waals surface area (Å²) in [6.07, 6.45) is 4.09. The summed E-state index contributed by atoms with van der Waals surface area (Å²) in [6.45, 7) is 2.08. The molecule has 13 heavy (non-hydrogen) atoms. The van der Waals surface area contributed by atoms with Crippen LogP contribution in [0, 0.1) is 6.92 Å². The lowest BCUT2D eigenvalue weighted by molar-refractivity contribution is 1.44. The molecule has 70 valence electrons. The van der Waals surface area contributed by atoms with Crippen LogP contribution in [0.15, 0.2) is 29.3 Å². The Morgan fingerprint density at radius 2 is 1.92 bits per heavy atom. The third kappa shape index (κ3) is 3.44. The molecule has 1 rings (SSSR count). The van der Waals surface area contributed by atoms with E-state index in [-0.39, 0.29) is 0 Å². The Morgan fingerprint density at radius 3 is 2.46 bits per heavy atom. The maximum absolute atomic E-state index is 4.50. The lowest BCUT2D eigenvalue weighted by Crippen LogP contribution is -1.80. The summed E-state index contributed by atoms with van der Waals surface area (Å²) in [6, 6.07) is 8.23. The first-order chi connectivity index (χ1) is 6.26. The van der Waals surface area contributed by atoms with Crippen LogP contribution < -0.4 is 0 Å². The van der Waals surface area contributed by atoms with Crippen LogP contribution in [0.25, 0.3) is 0 Å². The number of aliphatic imine (C=N–C) groups is 1. The zero-order valence-corrected chi connectivity index (χ0v) is 9.71. The highest BCUT2D eigenvalue weighted by Gasteiger charge is 1.94. The molecule has 0 unspecified atom stereocenters. The van der Waals surface area contributed by atoms with Crippen LogP contribution >= 0.6 is 23.5 Å². The van der Waals surface area contributed by atoms with E-state index in [0.29, 0.717) is 0 Å². The normalized spacial score (nSPS) is 9.77. The van der Waals surface area contributed by atoms with Gasteiger partial charge in [0, 0.05) is 0 Å². The van der Waals surface area contributed by atoms with E-state index in [1.165, 1.54) is 5.56 Å². The summed E-state index contributed by atoms with van der Waals surface area (Å²) in [7, 11) is 0. The fraction of sp³-hybridized carbons (Fsp3) is 0.300. The summed E-state index contributed by atoms with van der Waals surface area (Å²) in [5.41, 5.74) is 2.29. The summed E-state index contributed by atoms with van der Waals surface area (Å²) in [4.78, 5) is 4.50. The Morgan fingerprint density at radius 1 is 1.23 bits per heavy atom. The van der Waals surface area contributed by atoms with E-state index < -0.39 is 0 Å². The first-order valence-corrected chi connectivity index (χ1v) is 6.44. The van der Waals surface area contributed by atoms with Gasteiger partial charge in [-0.05, 0) is 37.1 Å². The molecular weight excluding hydrogens is 198 g/mol. The number of hydrogen-bond acceptors (Lipinski definition) is 3. The van der Waals surface area contributed by atoms with E-state index in [1.807, 2.05) is 24.6 Å². The molecular formula is C10H13NS2. The van der Waals surface area contributed by atoms with Gasteiger partial charge in [-0.3, -0.25) is 0 Å². The zero-order valence-electron chi connectivity index (χ0n) is 8.07. The summed E-state index contributed by atoms with van der Waals surface area (Å²) in [5.74, 6) is 0. The molecule has 0 aliphatic heterocycles. The number of aryl methyl sites for hydroxylation is 1. The predicted octanol–water partition coefficient (Wildman–Crippen LogP) is 3.71. The molecule has 0 aliphatic carbocycles. The van der Waals surface area contributed by atoms with Gasteiger partial charge in [0.1, 0.15) is 4.38 Å². The van der Waals surface area contributed by atoms with Crippen molar-refractivity contribution in [1.82, 2.24) is 0 Å². The first-order valence-electron chi connectivity index (χ1n) is 3.99. The fourth-order valence-electron chi connectivity index (χ4n) is 0.978. The molecule has 0 fully saturated rings. The highest BCUT2D eigenvalue weighted by atomic mass is 32.2. The van der Waals surface area contributed by atoms with E-state index in [4.69, 9.17) is 0 Å². The van der Waals surface area contributed by atoms with Gasteiger partial charge in [0.05, 0.1) is 5.69 Å². The number of hydrogen-bond donors (Lipinski definition) is 0. The van der Waals surface area contributed by atoms with Crippen molar-refractivity contribution in [3.05, 3.63) is 29.8 Å². The largest absolute Gasteiger partial charge is 0.235 e. The molecule has 0 radical (unpaired) electrons. The Hall–Kier alpha value is -0.410. The molecule has 0 N–H and O–H groups in total. The molecule has 0 aliphatic rings. The SMILES string of the molecule is CSC(=Nc1cccc(C)c1)SC. The van der Waals surface area contributed by atoms with Crippen molar-refractivity contribution in [3.8, 4) is 0 Å². The third-order valence-electron chi connectivity index (χ3n) is 1.57. The van der Waals surface area contributed by atoms with E-state index in [1.54, 1.807) is 23.5 Å². The minimum Gasteiger partial charge on any atom is -0.235 e. The third-order valence-corrected chi connectivity index (χ3v) is 3.45. The zero-order chi connectivity index (χ0) is 9.68. The molecule has 0 atom stereocenters. The van der Waals surface area contributed by atoms with Gasteiger partial charge in [0.25, 0.3) is 0 Å². The van der Waals surface area contributed by atoms with E-state index in [0.717, 1.165) is 10.1 Å². The second-order valence-electron chi connectivity index (χ2n) is 2.62. The van der Waals surface area contributed by atoms with Gasteiger partial charge in [-0.1, -0.05) is 12.1 Å². The number of benzene rings is 1. The summed E-state index contributed by atoms with van der Waals surface area (Å²) in [5, 5.41) is 0. The average Bonchev–Trinajstić information content (AvgIpc) is 2.14. The van der Waals surface area contributed by atoms with Gasteiger partial charge in [-0.25, -0.2) is 4.99 Å². The molecule has 0 bridgehead atoms. The molecule has 0 heterocycles. The Bertz CT molecular complexity index is 302. The maximum Gasteiger partial charge on any atom is 0.130 e. The molecule has 1 nitrogen and oxygen atoms in total. The van der Waals surface area contributed by atoms with Crippen LogP contribution in [-0.4, -0.2) is 16.9 Å². The van der Waals surface area contributed by atoms with E-state index in [2.05, 4.69) is 24.0 Å². The van der Waals surface area contributed by atoms with Gasteiger partial charge < -0.3 is 0 Å². The smallest absolute Gasteiger partial charge is 0.130 e. The molecule has 0 aromatic heterocycles. The first kappa shape index (κ1) is 10.7. The highest BCUT2D eigenvalue weighted by Crippen LogP contribution is 2.19. The Labute approximate surface area is 88.0 Å². The van der Waals surface area contributed by atoms with Crippen molar-refractivity contribution in [1.29, 1.82) is 0 Å². The second kappa shape index (κ2) is 5.35. The monoisotopic (exact) mass is 211 g/mol. The van der Waals surface area contributed by atoms with Gasteiger partial charge in [-0.2, -0.15) is 0 Å². The molecule has 0 amide bonds. The minimum absolute atomic E-state index is 1.04. The lowest BCUT2D eigenvalue weighted by atomic mass is 10.2. The van der Waals surface area contributed by atoms with Crippen molar-refractivity contribution < 1.29 is 0 Å². The number of thioether (sulfide) groups is 2. The van der Waals surface area contributed by atoms with E-state index >= 15 is 0 Å². The van der Waals surface area contributed by atoms with Crippen molar-refractivity contribution in [2.75, 3.05) is 12.5 Å². The second-order valence-corrected chi connectivity index (χ2v) is 4.47. The van der Waals surface area contributed by atoms with Crippen LogP contribution in [-0.2, 0) is 0 Å². The van der Waals surface area contributed by atoms with Crippen LogP contribution in [0.1, 0.15) is 5.56 Å². The average molecular weight is 211 g/mol.